The van der Waals surface area contributed by atoms with Crippen molar-refractivity contribution in [2.24, 2.45) is 0 Å². The highest BCUT2D eigenvalue weighted by atomic mass is 19.1. The van der Waals surface area contributed by atoms with E-state index in [-0.39, 0.29) is 0 Å². The number of rotatable bonds is 4. The average molecular weight is 282 g/mol. The molecule has 0 aliphatic heterocycles. The molecule has 0 aromatic heterocycles. The number of ether oxygens (including phenoxy) is 1. The van der Waals surface area contributed by atoms with Crippen LogP contribution < -0.4 is 15.8 Å². The second kappa shape index (κ2) is 5.73. The van der Waals surface area contributed by atoms with Gasteiger partial charge in [-0.05, 0) is 19.1 Å². The molecule has 0 saturated heterocycles. The fourth-order valence-electron chi connectivity index (χ4n) is 1.70. The van der Waals surface area contributed by atoms with Crippen molar-refractivity contribution in [3.8, 4) is 5.75 Å². The van der Waals surface area contributed by atoms with E-state index >= 15 is 0 Å². The van der Waals surface area contributed by atoms with Crippen LogP contribution in [0.1, 0.15) is 6.92 Å². The Hall–Kier alpha value is -2.37. The van der Waals surface area contributed by atoms with Crippen molar-refractivity contribution in [1.29, 1.82) is 0 Å². The van der Waals surface area contributed by atoms with Gasteiger partial charge < -0.3 is 15.8 Å². The lowest BCUT2D eigenvalue weighted by atomic mass is 10.2. The van der Waals surface area contributed by atoms with Crippen molar-refractivity contribution >= 4 is 17.1 Å². The number of nitrogens with two attached hydrogens (primary N) is 1. The first-order chi connectivity index (χ1) is 9.51. The van der Waals surface area contributed by atoms with E-state index in [4.69, 9.17) is 10.5 Å². The average Bonchev–Trinajstić information content (AvgIpc) is 2.37. The molecule has 0 unspecified atom stereocenters. The lowest BCUT2D eigenvalue weighted by Crippen LogP contribution is -2.01. The summed E-state index contributed by atoms with van der Waals surface area (Å²) in [4.78, 5) is 0. The highest BCUT2D eigenvalue weighted by molar-refractivity contribution is 5.67. The van der Waals surface area contributed by atoms with Gasteiger partial charge in [0, 0.05) is 23.9 Å². The second-order valence-electron chi connectivity index (χ2n) is 4.06. The van der Waals surface area contributed by atoms with Crippen molar-refractivity contribution in [3.05, 3.63) is 47.8 Å². The number of benzene rings is 2. The second-order valence-corrected chi connectivity index (χ2v) is 4.06. The molecule has 0 bridgehead atoms. The van der Waals surface area contributed by atoms with E-state index in [0.717, 1.165) is 0 Å². The smallest absolute Gasteiger partial charge is 0.152 e. The molecular formula is C14H13F3N2O. The van der Waals surface area contributed by atoms with Crippen LogP contribution in [-0.4, -0.2) is 6.61 Å². The Balaban J connectivity index is 2.33. The fourth-order valence-corrected chi connectivity index (χ4v) is 1.70. The summed E-state index contributed by atoms with van der Waals surface area (Å²) in [5.41, 5.74) is 6.06. The third kappa shape index (κ3) is 2.96. The largest absolute Gasteiger partial charge is 0.492 e. The van der Waals surface area contributed by atoms with Crippen molar-refractivity contribution in [1.82, 2.24) is 0 Å². The van der Waals surface area contributed by atoms with Crippen LogP contribution in [0.5, 0.6) is 5.75 Å². The van der Waals surface area contributed by atoms with Crippen molar-refractivity contribution < 1.29 is 17.9 Å². The van der Waals surface area contributed by atoms with Crippen molar-refractivity contribution in [2.45, 2.75) is 6.92 Å². The van der Waals surface area contributed by atoms with Crippen LogP contribution in [0.2, 0.25) is 0 Å². The van der Waals surface area contributed by atoms with E-state index in [1.807, 2.05) is 0 Å². The maximum atomic E-state index is 13.5. The van der Waals surface area contributed by atoms with Gasteiger partial charge in [-0.15, -0.1) is 0 Å². The van der Waals surface area contributed by atoms with Gasteiger partial charge in [-0.1, -0.05) is 0 Å². The zero-order valence-corrected chi connectivity index (χ0v) is 10.7. The van der Waals surface area contributed by atoms with Crippen LogP contribution >= 0.6 is 0 Å². The Morgan fingerprint density at radius 2 is 1.75 bits per heavy atom. The summed E-state index contributed by atoms with van der Waals surface area (Å²) in [6.45, 7) is 2.20. The van der Waals surface area contributed by atoms with Gasteiger partial charge >= 0.3 is 0 Å². The zero-order chi connectivity index (χ0) is 14.7. The van der Waals surface area contributed by atoms with Crippen LogP contribution in [-0.2, 0) is 0 Å². The maximum absolute atomic E-state index is 13.5. The minimum Gasteiger partial charge on any atom is -0.492 e. The maximum Gasteiger partial charge on any atom is 0.152 e. The van der Waals surface area contributed by atoms with Crippen LogP contribution in [0, 0.1) is 17.5 Å². The molecular weight excluding hydrogens is 269 g/mol. The topological polar surface area (TPSA) is 47.3 Å². The van der Waals surface area contributed by atoms with Gasteiger partial charge in [0.2, 0.25) is 0 Å². The van der Waals surface area contributed by atoms with Gasteiger partial charge in [0.1, 0.15) is 17.3 Å². The standard InChI is InChI=1S/C14H13F3N2O/c1-2-20-13-7-9(3-4-12(13)18)19-14-10(16)5-8(15)6-11(14)17/h3-7,19H,2,18H2,1H3. The van der Waals surface area contributed by atoms with Crippen molar-refractivity contribution in [3.63, 3.8) is 0 Å². The van der Waals surface area contributed by atoms with Crippen LogP contribution in [0.3, 0.4) is 0 Å². The van der Waals surface area contributed by atoms with E-state index in [1.165, 1.54) is 6.07 Å². The fraction of sp³-hybridized carbons (Fsp3) is 0.143. The van der Waals surface area contributed by atoms with E-state index in [0.29, 0.717) is 35.9 Å². The molecule has 0 saturated carbocycles. The molecule has 0 aliphatic rings. The SMILES string of the molecule is CCOc1cc(Nc2c(F)cc(F)cc2F)ccc1N. The molecule has 3 N–H and O–H groups in total. The number of nitrogen functional groups attached to an aromatic ring is 1. The van der Waals surface area contributed by atoms with Gasteiger partial charge in [0.05, 0.1) is 12.3 Å². The monoisotopic (exact) mass is 282 g/mol. The molecule has 20 heavy (non-hydrogen) atoms. The predicted octanol–water partition coefficient (Wildman–Crippen LogP) is 3.83. The lowest BCUT2D eigenvalue weighted by Gasteiger charge is -2.12. The molecule has 0 heterocycles. The number of hydrogen-bond donors (Lipinski definition) is 2. The summed E-state index contributed by atoms with van der Waals surface area (Å²) in [6, 6.07) is 5.81. The third-order valence-corrected chi connectivity index (χ3v) is 2.59. The van der Waals surface area contributed by atoms with E-state index in [9.17, 15) is 13.2 Å². The summed E-state index contributed by atoms with van der Waals surface area (Å²) in [7, 11) is 0. The molecule has 2 aromatic rings. The first-order valence-corrected chi connectivity index (χ1v) is 5.95. The third-order valence-electron chi connectivity index (χ3n) is 2.59. The number of anilines is 3. The Morgan fingerprint density at radius 3 is 2.35 bits per heavy atom. The first kappa shape index (κ1) is 14.0. The van der Waals surface area contributed by atoms with Gasteiger partial charge in [-0.2, -0.15) is 0 Å². The zero-order valence-electron chi connectivity index (χ0n) is 10.7. The minimum atomic E-state index is -1.02. The highest BCUT2D eigenvalue weighted by Gasteiger charge is 2.12. The summed E-state index contributed by atoms with van der Waals surface area (Å²) in [6.07, 6.45) is 0. The van der Waals surface area contributed by atoms with Crippen LogP contribution in [0.15, 0.2) is 30.3 Å². The number of nitrogens with one attached hydrogen (secondary N) is 1. The molecule has 0 fully saturated rings. The summed E-state index contributed by atoms with van der Waals surface area (Å²) in [5, 5.41) is 2.54. The Kier molecular flexibility index (Phi) is 4.02. The van der Waals surface area contributed by atoms with E-state index in [1.54, 1.807) is 19.1 Å². The van der Waals surface area contributed by atoms with Crippen molar-refractivity contribution in [2.75, 3.05) is 17.7 Å². The highest BCUT2D eigenvalue weighted by Crippen LogP contribution is 2.29. The molecule has 0 atom stereocenters. The first-order valence-electron chi connectivity index (χ1n) is 5.95. The summed E-state index contributed by atoms with van der Waals surface area (Å²) >= 11 is 0. The van der Waals surface area contributed by atoms with Crippen LogP contribution in [0.25, 0.3) is 0 Å². The minimum absolute atomic E-state index is 0.382. The quantitative estimate of drug-likeness (QED) is 0.838. The van der Waals surface area contributed by atoms with Gasteiger partial charge in [0.15, 0.2) is 11.6 Å². The number of halogens is 3. The Morgan fingerprint density at radius 1 is 1.10 bits per heavy atom. The molecule has 2 aromatic carbocycles. The van der Waals surface area contributed by atoms with Crippen LogP contribution in [0.4, 0.5) is 30.2 Å². The molecule has 2 rings (SSSR count). The van der Waals surface area contributed by atoms with Gasteiger partial charge in [-0.25, -0.2) is 13.2 Å². The molecule has 106 valence electrons. The molecule has 0 radical (unpaired) electrons. The predicted molar refractivity (Wildman–Crippen MR) is 71.6 cm³/mol. The molecule has 3 nitrogen and oxygen atoms in total. The summed E-state index contributed by atoms with van der Waals surface area (Å²) < 4.78 is 45.2. The molecule has 0 aliphatic carbocycles. The molecule has 0 spiro atoms. The Bertz CT molecular complexity index is 609. The number of hydrogen-bond acceptors (Lipinski definition) is 3. The molecule has 6 heteroatoms. The van der Waals surface area contributed by atoms with Gasteiger partial charge in [0.25, 0.3) is 0 Å². The lowest BCUT2D eigenvalue weighted by molar-refractivity contribution is 0.342. The van der Waals surface area contributed by atoms with E-state index in [2.05, 4.69) is 5.32 Å². The molecule has 0 amide bonds. The van der Waals surface area contributed by atoms with Gasteiger partial charge in [-0.3, -0.25) is 0 Å². The Labute approximate surface area is 114 Å². The normalized spacial score (nSPS) is 10.4. The van der Waals surface area contributed by atoms with E-state index < -0.39 is 23.1 Å². The summed E-state index contributed by atoms with van der Waals surface area (Å²) in [5.74, 6) is -2.60.